The molecule has 0 aliphatic carbocycles. The summed E-state index contributed by atoms with van der Waals surface area (Å²) in [4.78, 5) is 17.0. The zero-order valence-corrected chi connectivity index (χ0v) is 13.5. The number of benzene rings is 1. The van der Waals surface area contributed by atoms with Crippen LogP contribution in [-0.2, 0) is 4.74 Å². The number of anilines is 1. The molecule has 8 heteroatoms. The first kappa shape index (κ1) is 15.2. The molecule has 0 radical (unpaired) electrons. The van der Waals surface area contributed by atoms with Gasteiger partial charge >= 0.3 is 0 Å². The summed E-state index contributed by atoms with van der Waals surface area (Å²) in [5.74, 6) is 0.793. The van der Waals surface area contributed by atoms with Gasteiger partial charge in [-0.2, -0.15) is 9.98 Å². The van der Waals surface area contributed by atoms with Crippen molar-refractivity contribution in [2.24, 2.45) is 15.0 Å². The first-order valence-corrected chi connectivity index (χ1v) is 7.76. The van der Waals surface area contributed by atoms with Crippen LogP contribution in [0.4, 0.5) is 5.13 Å². The number of aromatic hydroxyl groups is 1. The third-order valence-corrected chi connectivity index (χ3v) is 3.92. The zero-order chi connectivity index (χ0) is 16.4. The van der Waals surface area contributed by atoms with Crippen LogP contribution in [0.2, 0.25) is 0 Å². The SMILES string of the molecule is CCOC1=NC(=NC)N=c2ccc(=Cc3sc(N)nc3O)cc21. The minimum absolute atomic E-state index is 0.0750. The first-order chi connectivity index (χ1) is 11.1. The van der Waals surface area contributed by atoms with Crippen molar-refractivity contribution in [2.75, 3.05) is 19.4 Å². The Kier molecular flexibility index (Phi) is 4.07. The van der Waals surface area contributed by atoms with Crippen LogP contribution in [0.1, 0.15) is 17.4 Å². The van der Waals surface area contributed by atoms with Crippen molar-refractivity contribution in [3.05, 3.63) is 39.2 Å². The first-order valence-electron chi connectivity index (χ1n) is 6.95. The van der Waals surface area contributed by atoms with Crippen molar-refractivity contribution in [3.63, 3.8) is 0 Å². The third kappa shape index (κ3) is 3.07. The van der Waals surface area contributed by atoms with Gasteiger partial charge in [-0.05, 0) is 30.4 Å². The topological polar surface area (TPSA) is 105 Å². The molecule has 118 valence electrons. The van der Waals surface area contributed by atoms with Crippen molar-refractivity contribution in [3.8, 4) is 5.88 Å². The Bertz CT molecular complexity index is 930. The van der Waals surface area contributed by atoms with E-state index in [1.54, 1.807) is 13.1 Å². The fourth-order valence-corrected chi connectivity index (χ4v) is 2.82. The second-order valence-electron chi connectivity index (χ2n) is 4.65. The van der Waals surface area contributed by atoms with Crippen molar-refractivity contribution in [1.82, 2.24) is 4.98 Å². The monoisotopic (exact) mass is 329 g/mol. The maximum Gasteiger partial charge on any atom is 0.248 e. The van der Waals surface area contributed by atoms with Gasteiger partial charge in [-0.3, -0.25) is 4.99 Å². The number of aliphatic imine (C=N–C) groups is 2. The van der Waals surface area contributed by atoms with E-state index in [1.807, 2.05) is 25.1 Å². The molecule has 0 fully saturated rings. The molecular weight excluding hydrogens is 314 g/mol. The molecule has 1 aromatic heterocycles. The van der Waals surface area contributed by atoms with Crippen LogP contribution < -0.4 is 16.3 Å². The lowest BCUT2D eigenvalue weighted by atomic mass is 10.1. The maximum atomic E-state index is 9.74. The van der Waals surface area contributed by atoms with Crippen LogP contribution in [0, 0.1) is 0 Å². The van der Waals surface area contributed by atoms with Gasteiger partial charge < -0.3 is 15.6 Å². The van der Waals surface area contributed by atoms with E-state index in [-0.39, 0.29) is 5.88 Å². The highest BCUT2D eigenvalue weighted by atomic mass is 32.1. The highest BCUT2D eigenvalue weighted by Gasteiger charge is 2.14. The van der Waals surface area contributed by atoms with Crippen LogP contribution in [0.15, 0.2) is 33.2 Å². The van der Waals surface area contributed by atoms with E-state index in [0.29, 0.717) is 28.5 Å². The molecule has 0 spiro atoms. The molecule has 1 aromatic carbocycles. The Labute approximate surface area is 136 Å². The predicted octanol–water partition coefficient (Wildman–Crippen LogP) is 0.662. The normalized spacial score (nSPS) is 16.0. The molecule has 0 saturated heterocycles. The summed E-state index contributed by atoms with van der Waals surface area (Å²) in [6, 6.07) is 5.65. The third-order valence-electron chi connectivity index (χ3n) is 3.10. The summed E-state index contributed by atoms with van der Waals surface area (Å²) in [5, 5.41) is 11.7. The smallest absolute Gasteiger partial charge is 0.248 e. The lowest BCUT2D eigenvalue weighted by Crippen LogP contribution is -2.27. The van der Waals surface area contributed by atoms with Crippen molar-refractivity contribution in [1.29, 1.82) is 0 Å². The molecule has 0 amide bonds. The molecule has 2 heterocycles. The highest BCUT2D eigenvalue weighted by molar-refractivity contribution is 7.16. The Hall–Kier alpha value is -2.74. The number of guanidine groups is 1. The van der Waals surface area contributed by atoms with E-state index in [4.69, 9.17) is 10.5 Å². The number of aromatic nitrogens is 1. The van der Waals surface area contributed by atoms with Crippen molar-refractivity contribution >= 4 is 34.4 Å². The molecule has 1 aliphatic rings. The molecule has 7 nitrogen and oxygen atoms in total. The van der Waals surface area contributed by atoms with E-state index in [9.17, 15) is 5.11 Å². The maximum absolute atomic E-state index is 9.74. The molecular formula is C15H15N5O2S. The minimum atomic E-state index is -0.0750. The standard InChI is InChI=1S/C15H15N5O2S/c1-3-22-13-9-6-8(7-11-12(21)19-14(16)23-11)4-5-10(9)18-15(17-2)20-13/h4-7,21H,3H2,1-2H3,(H2,16,19). The molecule has 3 N–H and O–H groups in total. The Morgan fingerprint density at radius 3 is 2.87 bits per heavy atom. The molecule has 1 aliphatic heterocycles. The van der Waals surface area contributed by atoms with Crippen LogP contribution in [-0.4, -0.2) is 35.6 Å². The largest absolute Gasteiger partial charge is 0.492 e. The summed E-state index contributed by atoms with van der Waals surface area (Å²) in [5.41, 5.74) is 6.38. The number of ether oxygens (including phenoxy) is 1. The van der Waals surface area contributed by atoms with E-state index in [0.717, 1.165) is 16.1 Å². The minimum Gasteiger partial charge on any atom is -0.492 e. The van der Waals surface area contributed by atoms with Gasteiger partial charge in [-0.15, -0.1) is 0 Å². The fraction of sp³-hybridized carbons (Fsp3) is 0.200. The lowest BCUT2D eigenvalue weighted by Gasteiger charge is -2.11. The Balaban J connectivity index is 2.14. The molecule has 0 unspecified atom stereocenters. The Morgan fingerprint density at radius 1 is 1.39 bits per heavy atom. The molecule has 0 atom stereocenters. The average Bonchev–Trinajstić information content (AvgIpc) is 2.85. The number of rotatable bonds is 2. The van der Waals surface area contributed by atoms with Crippen LogP contribution in [0.5, 0.6) is 5.88 Å². The Morgan fingerprint density at radius 2 is 2.22 bits per heavy atom. The van der Waals surface area contributed by atoms with E-state index in [2.05, 4.69) is 20.0 Å². The van der Waals surface area contributed by atoms with Gasteiger partial charge in [0.15, 0.2) is 5.13 Å². The average molecular weight is 329 g/mol. The summed E-state index contributed by atoms with van der Waals surface area (Å²) in [6.07, 6.45) is 1.80. The van der Waals surface area contributed by atoms with Gasteiger partial charge in [0, 0.05) is 7.05 Å². The lowest BCUT2D eigenvalue weighted by molar-refractivity contribution is 0.328. The number of nitrogen functional groups attached to an aromatic ring is 1. The number of nitrogens with two attached hydrogens (primary N) is 1. The number of fused-ring (bicyclic) bond motifs is 1. The molecule has 23 heavy (non-hydrogen) atoms. The van der Waals surface area contributed by atoms with E-state index in [1.165, 1.54) is 11.3 Å². The second-order valence-corrected chi connectivity index (χ2v) is 5.71. The summed E-state index contributed by atoms with van der Waals surface area (Å²) in [6.45, 7) is 2.39. The van der Waals surface area contributed by atoms with Crippen LogP contribution >= 0.6 is 11.3 Å². The van der Waals surface area contributed by atoms with Crippen molar-refractivity contribution < 1.29 is 9.84 Å². The zero-order valence-electron chi connectivity index (χ0n) is 12.6. The number of nitrogens with zero attached hydrogens (tertiary/aromatic N) is 4. The number of hydrogen-bond donors (Lipinski definition) is 2. The quantitative estimate of drug-likeness (QED) is 0.844. The second kappa shape index (κ2) is 6.17. The van der Waals surface area contributed by atoms with Gasteiger partial charge in [0.25, 0.3) is 0 Å². The van der Waals surface area contributed by atoms with Gasteiger partial charge in [0.1, 0.15) is 0 Å². The van der Waals surface area contributed by atoms with E-state index < -0.39 is 0 Å². The molecule has 0 saturated carbocycles. The fourth-order valence-electron chi connectivity index (χ4n) is 2.13. The van der Waals surface area contributed by atoms with Crippen molar-refractivity contribution in [2.45, 2.75) is 6.92 Å². The summed E-state index contributed by atoms with van der Waals surface area (Å²) < 4.78 is 5.59. The van der Waals surface area contributed by atoms with Crippen LogP contribution in [0.25, 0.3) is 6.08 Å². The summed E-state index contributed by atoms with van der Waals surface area (Å²) >= 11 is 1.22. The predicted molar refractivity (Wildman–Crippen MR) is 90.5 cm³/mol. The molecule has 0 bridgehead atoms. The molecule has 3 rings (SSSR count). The highest BCUT2D eigenvalue weighted by Crippen LogP contribution is 2.25. The van der Waals surface area contributed by atoms with E-state index >= 15 is 0 Å². The number of hydrogen-bond acceptors (Lipinski definition) is 6. The molecule has 2 aromatic rings. The van der Waals surface area contributed by atoms with Gasteiger partial charge in [-0.1, -0.05) is 17.4 Å². The van der Waals surface area contributed by atoms with Gasteiger partial charge in [0.05, 0.1) is 22.4 Å². The summed E-state index contributed by atoms with van der Waals surface area (Å²) in [7, 11) is 1.63. The van der Waals surface area contributed by atoms with Gasteiger partial charge in [-0.25, -0.2) is 4.99 Å². The van der Waals surface area contributed by atoms with Crippen LogP contribution in [0.3, 0.4) is 0 Å². The van der Waals surface area contributed by atoms with Gasteiger partial charge in [0.2, 0.25) is 17.7 Å². The number of thiazole rings is 1.